The molecule has 0 bridgehead atoms. The minimum atomic E-state index is -0.798. The van der Waals surface area contributed by atoms with Crippen LogP contribution >= 0.6 is 0 Å². The average molecular weight is 514 g/mol. The van der Waals surface area contributed by atoms with E-state index in [1.807, 2.05) is 41.3 Å². The number of esters is 1. The van der Waals surface area contributed by atoms with E-state index in [4.69, 9.17) is 4.74 Å². The van der Waals surface area contributed by atoms with Gasteiger partial charge in [0.25, 0.3) is 10.9 Å². The molecule has 9 nitrogen and oxygen atoms in total. The van der Waals surface area contributed by atoms with Crippen LogP contribution in [0.25, 0.3) is 10.8 Å². The average Bonchev–Trinajstić information content (AvgIpc) is 3.22. The Kier molecular flexibility index (Phi) is 7.62. The number of fused-ring (bicyclic) bond motifs is 1. The van der Waals surface area contributed by atoms with Crippen LogP contribution in [0.4, 0.5) is 22.9 Å². The van der Waals surface area contributed by atoms with Gasteiger partial charge < -0.3 is 20.3 Å². The summed E-state index contributed by atoms with van der Waals surface area (Å²) in [7, 11) is 0. The Labute approximate surface area is 220 Å². The summed E-state index contributed by atoms with van der Waals surface area (Å²) < 4.78 is 5.29. The predicted octanol–water partition coefficient (Wildman–Crippen LogP) is 3.94. The Bertz CT molecular complexity index is 1480. The number of rotatable bonds is 9. The van der Waals surface area contributed by atoms with Gasteiger partial charge in [0, 0.05) is 49.2 Å². The highest BCUT2D eigenvalue weighted by Gasteiger charge is 2.30. The van der Waals surface area contributed by atoms with E-state index in [1.165, 1.54) is 0 Å². The number of nitrogens with zero attached hydrogens (tertiary/aromatic N) is 3. The fourth-order valence-corrected chi connectivity index (χ4v) is 4.93. The van der Waals surface area contributed by atoms with E-state index in [0.29, 0.717) is 17.9 Å². The first kappa shape index (κ1) is 25.4. The fourth-order valence-electron chi connectivity index (χ4n) is 4.93. The topological polar surface area (TPSA) is 114 Å². The number of anilines is 4. The van der Waals surface area contributed by atoms with Gasteiger partial charge in [-0.05, 0) is 55.0 Å². The summed E-state index contributed by atoms with van der Waals surface area (Å²) in [4.78, 5) is 48.4. The van der Waals surface area contributed by atoms with Crippen LogP contribution in [-0.4, -0.2) is 41.7 Å². The van der Waals surface area contributed by atoms with Crippen molar-refractivity contribution >= 4 is 39.6 Å². The molecule has 2 aromatic carbocycles. The van der Waals surface area contributed by atoms with Crippen molar-refractivity contribution in [3.8, 4) is 0 Å². The number of nitrogens with one attached hydrogen (secondary N) is 2. The minimum Gasteiger partial charge on any atom is -0.464 e. The van der Waals surface area contributed by atoms with Gasteiger partial charge in [-0.25, -0.2) is 9.78 Å². The van der Waals surface area contributed by atoms with Crippen LogP contribution in [-0.2, 0) is 16.0 Å². The third-order valence-electron chi connectivity index (χ3n) is 6.92. The Morgan fingerprint density at radius 2 is 1.74 bits per heavy atom. The van der Waals surface area contributed by atoms with E-state index in [1.54, 1.807) is 25.5 Å². The van der Waals surface area contributed by atoms with E-state index in [9.17, 15) is 14.4 Å². The lowest BCUT2D eigenvalue weighted by atomic mass is 10.0. The second-order valence-corrected chi connectivity index (χ2v) is 9.51. The standard InChI is InChI=1S/C29H31N5O4/c1-2-38-29(37)23(33-24-25(27(36)26(24)35)34-15-5-3-4-6-16-34)17-19-7-9-21(10-8-19)32-28-22-18-30-13-11-20(22)12-14-31-28/h7-14,18,23,33H,2-6,15-17H2,1H3,(H,31,32). The van der Waals surface area contributed by atoms with Crippen LogP contribution in [0.2, 0.25) is 0 Å². The number of aromatic nitrogens is 2. The van der Waals surface area contributed by atoms with Gasteiger partial charge in [0.2, 0.25) is 0 Å². The summed E-state index contributed by atoms with van der Waals surface area (Å²) in [6.45, 7) is 3.43. The van der Waals surface area contributed by atoms with Crippen molar-refractivity contribution in [3.05, 3.63) is 81.0 Å². The zero-order chi connectivity index (χ0) is 26.5. The maximum absolute atomic E-state index is 12.8. The maximum atomic E-state index is 12.8. The molecule has 196 valence electrons. The highest BCUT2D eigenvalue weighted by atomic mass is 16.5. The fraction of sp³-hybridized carbons (Fsp3) is 0.345. The maximum Gasteiger partial charge on any atom is 0.328 e. The van der Waals surface area contributed by atoms with E-state index in [0.717, 1.165) is 60.8 Å². The zero-order valence-corrected chi connectivity index (χ0v) is 21.4. The van der Waals surface area contributed by atoms with Gasteiger partial charge in [0.1, 0.15) is 23.2 Å². The molecular weight excluding hydrogens is 482 g/mol. The number of hydrogen-bond acceptors (Lipinski definition) is 9. The summed E-state index contributed by atoms with van der Waals surface area (Å²) in [6.07, 6.45) is 9.74. The van der Waals surface area contributed by atoms with Crippen LogP contribution in [0.3, 0.4) is 0 Å². The minimum absolute atomic E-state index is 0.220. The molecule has 0 amide bonds. The first-order valence-electron chi connectivity index (χ1n) is 13.1. The monoisotopic (exact) mass is 513 g/mol. The van der Waals surface area contributed by atoms with Crippen LogP contribution in [0.15, 0.2) is 64.6 Å². The Morgan fingerprint density at radius 3 is 2.47 bits per heavy atom. The van der Waals surface area contributed by atoms with Crippen molar-refractivity contribution in [2.24, 2.45) is 0 Å². The lowest BCUT2D eigenvalue weighted by Crippen LogP contribution is -2.46. The largest absolute Gasteiger partial charge is 0.464 e. The second-order valence-electron chi connectivity index (χ2n) is 9.51. The van der Waals surface area contributed by atoms with Crippen molar-refractivity contribution < 1.29 is 9.53 Å². The second kappa shape index (κ2) is 11.4. The van der Waals surface area contributed by atoms with Gasteiger partial charge in [0.15, 0.2) is 0 Å². The van der Waals surface area contributed by atoms with Gasteiger partial charge in [-0.15, -0.1) is 0 Å². The normalized spacial score (nSPS) is 14.7. The van der Waals surface area contributed by atoms with Gasteiger partial charge in [-0.3, -0.25) is 14.6 Å². The molecule has 9 heteroatoms. The van der Waals surface area contributed by atoms with Crippen LogP contribution < -0.4 is 26.4 Å². The van der Waals surface area contributed by atoms with Gasteiger partial charge in [-0.1, -0.05) is 25.0 Å². The molecule has 1 saturated heterocycles. The number of pyridine rings is 2. The van der Waals surface area contributed by atoms with E-state index in [-0.39, 0.29) is 12.3 Å². The van der Waals surface area contributed by atoms with Crippen LogP contribution in [0, 0.1) is 0 Å². The third-order valence-corrected chi connectivity index (χ3v) is 6.92. The van der Waals surface area contributed by atoms with Gasteiger partial charge in [-0.2, -0.15) is 0 Å². The number of benzene rings is 1. The molecular formula is C29H31N5O4. The Morgan fingerprint density at radius 1 is 1.00 bits per heavy atom. The van der Waals surface area contributed by atoms with Crippen molar-refractivity contribution in [2.45, 2.75) is 45.1 Å². The first-order valence-corrected chi connectivity index (χ1v) is 13.1. The molecule has 38 heavy (non-hydrogen) atoms. The zero-order valence-electron chi connectivity index (χ0n) is 21.4. The molecule has 5 rings (SSSR count). The molecule has 1 unspecified atom stereocenters. The molecule has 0 spiro atoms. The van der Waals surface area contributed by atoms with E-state index < -0.39 is 22.9 Å². The van der Waals surface area contributed by atoms with Crippen molar-refractivity contribution in [3.63, 3.8) is 0 Å². The molecule has 3 heterocycles. The van der Waals surface area contributed by atoms with Crippen LogP contribution in [0.1, 0.15) is 38.2 Å². The lowest BCUT2D eigenvalue weighted by Gasteiger charge is -2.28. The SMILES string of the molecule is CCOC(=O)C(Cc1ccc(Nc2nccc3ccncc23)cc1)Nc1c(N2CCCCCC2)c(=O)c1=O. The molecule has 4 aromatic rings. The quantitative estimate of drug-likeness (QED) is 0.254. The summed E-state index contributed by atoms with van der Waals surface area (Å²) in [6, 6.07) is 10.7. The van der Waals surface area contributed by atoms with Crippen molar-refractivity contribution in [1.29, 1.82) is 0 Å². The molecule has 0 aliphatic carbocycles. The first-order chi connectivity index (χ1) is 18.5. The lowest BCUT2D eigenvalue weighted by molar-refractivity contribution is -0.144. The molecule has 0 radical (unpaired) electrons. The van der Waals surface area contributed by atoms with Gasteiger partial charge >= 0.3 is 5.97 Å². The van der Waals surface area contributed by atoms with E-state index >= 15 is 0 Å². The highest BCUT2D eigenvalue weighted by Crippen LogP contribution is 2.26. The van der Waals surface area contributed by atoms with Crippen molar-refractivity contribution in [2.75, 3.05) is 35.2 Å². The Hall–Kier alpha value is -4.27. The molecule has 1 fully saturated rings. The molecule has 2 aromatic heterocycles. The van der Waals surface area contributed by atoms with Crippen LogP contribution in [0.5, 0.6) is 0 Å². The molecule has 2 N–H and O–H groups in total. The summed E-state index contributed by atoms with van der Waals surface area (Å²) in [5, 5.41) is 8.35. The molecule has 0 saturated carbocycles. The van der Waals surface area contributed by atoms with E-state index in [2.05, 4.69) is 20.6 Å². The molecule has 1 aliphatic heterocycles. The molecule has 1 aliphatic rings. The smallest absolute Gasteiger partial charge is 0.328 e. The summed E-state index contributed by atoms with van der Waals surface area (Å²) in [5.41, 5.74) is 1.29. The number of hydrogen-bond donors (Lipinski definition) is 2. The van der Waals surface area contributed by atoms with Crippen molar-refractivity contribution in [1.82, 2.24) is 9.97 Å². The predicted molar refractivity (Wildman–Crippen MR) is 149 cm³/mol. The summed E-state index contributed by atoms with van der Waals surface area (Å²) in [5.74, 6) is 0.243. The Balaban J connectivity index is 1.33. The number of ether oxygens (including phenoxy) is 1. The van der Waals surface area contributed by atoms with Gasteiger partial charge in [0.05, 0.1) is 6.61 Å². The summed E-state index contributed by atoms with van der Waals surface area (Å²) >= 11 is 0. The third kappa shape index (κ3) is 5.37. The number of carbonyl (C=O) groups excluding carboxylic acids is 1. The number of carbonyl (C=O) groups is 1. The highest BCUT2D eigenvalue weighted by molar-refractivity contribution is 5.92. The molecule has 1 atom stereocenters.